The van der Waals surface area contributed by atoms with Crippen molar-refractivity contribution in [3.63, 3.8) is 0 Å². The van der Waals surface area contributed by atoms with Crippen molar-refractivity contribution in [3.8, 4) is 0 Å². The third kappa shape index (κ3) is 49.5. The van der Waals surface area contributed by atoms with E-state index in [-0.39, 0.29) is 24.1 Å². The predicted molar refractivity (Wildman–Crippen MR) is 295 cm³/mol. The van der Waals surface area contributed by atoms with Crippen molar-refractivity contribution in [2.45, 2.75) is 297 Å². The van der Waals surface area contributed by atoms with Gasteiger partial charge in [-0.15, -0.1) is 0 Å². The Labute approximate surface area is 429 Å². The van der Waals surface area contributed by atoms with Gasteiger partial charge in [0.1, 0.15) is 6.10 Å². The summed E-state index contributed by atoms with van der Waals surface area (Å²) in [5.74, 6) is 0.822. The van der Waals surface area contributed by atoms with Crippen LogP contribution in [-0.2, 0) is 23.8 Å². The summed E-state index contributed by atoms with van der Waals surface area (Å²) in [6, 6.07) is 0. The molecule has 0 aliphatic rings. The lowest BCUT2D eigenvalue weighted by atomic mass is 9.91. The Kier molecular flexibility index (Phi) is 51.0. The molecule has 0 spiro atoms. The first-order valence-electron chi connectivity index (χ1n) is 30.2. The van der Waals surface area contributed by atoms with Crippen LogP contribution >= 0.6 is 0 Å². The Hall–Kier alpha value is -1.87. The number of alkyl carbamates (subject to hydrolysis) is 1. The third-order valence-corrected chi connectivity index (χ3v) is 14.3. The molecule has 0 unspecified atom stereocenters. The van der Waals surface area contributed by atoms with Crippen LogP contribution in [0.25, 0.3) is 0 Å². The van der Waals surface area contributed by atoms with Gasteiger partial charge in [0.25, 0.3) is 0 Å². The number of unbranched alkanes of at least 4 members (excludes halogenated alkanes) is 25. The van der Waals surface area contributed by atoms with Crippen LogP contribution in [0, 0.1) is 11.8 Å². The molecule has 0 radical (unpaired) electrons. The molecule has 0 aliphatic carbocycles. The van der Waals surface area contributed by atoms with Crippen LogP contribution in [0.4, 0.5) is 4.79 Å². The maximum absolute atomic E-state index is 13.0. The van der Waals surface area contributed by atoms with E-state index in [0.29, 0.717) is 44.4 Å². The molecule has 0 heterocycles. The fourth-order valence-electron chi connectivity index (χ4n) is 9.73. The summed E-state index contributed by atoms with van der Waals surface area (Å²) >= 11 is 0. The molecule has 0 aromatic heterocycles. The fourth-order valence-corrected chi connectivity index (χ4v) is 9.73. The summed E-state index contributed by atoms with van der Waals surface area (Å²) in [7, 11) is 6.39. The van der Waals surface area contributed by atoms with Gasteiger partial charge in [-0.3, -0.25) is 9.59 Å². The van der Waals surface area contributed by atoms with Crippen molar-refractivity contribution in [1.82, 2.24) is 15.1 Å². The second-order valence-electron chi connectivity index (χ2n) is 21.6. The molecule has 0 aromatic rings. The van der Waals surface area contributed by atoms with Crippen LogP contribution in [0.2, 0.25) is 0 Å². The summed E-state index contributed by atoms with van der Waals surface area (Å²) in [5.41, 5.74) is 0. The molecule has 0 rings (SSSR count). The van der Waals surface area contributed by atoms with Crippen LogP contribution in [-0.4, -0.2) is 94.5 Å². The quantitative estimate of drug-likeness (QED) is 0.0366. The topological polar surface area (TPSA) is 97.4 Å². The van der Waals surface area contributed by atoms with Gasteiger partial charge in [-0.2, -0.15) is 0 Å². The Bertz CT molecular complexity index is 1010. The molecule has 0 aliphatic heterocycles. The fraction of sp³-hybridized carbons (Fsp3) is 0.950. The molecular weight excluding hydrogens is 859 g/mol. The van der Waals surface area contributed by atoms with Gasteiger partial charge in [0, 0.05) is 19.4 Å². The summed E-state index contributed by atoms with van der Waals surface area (Å²) in [6.07, 6.45) is 46.3. The molecule has 0 bridgehead atoms. The summed E-state index contributed by atoms with van der Waals surface area (Å²) in [6.45, 7) is 13.7. The average Bonchev–Trinajstić information content (AvgIpc) is 3.32. The Morgan fingerprint density at radius 2 is 0.725 bits per heavy atom. The molecule has 69 heavy (non-hydrogen) atoms. The molecule has 410 valence electrons. The number of hydrogen-bond donors (Lipinski definition) is 1. The van der Waals surface area contributed by atoms with Gasteiger partial charge in [-0.1, -0.05) is 182 Å². The summed E-state index contributed by atoms with van der Waals surface area (Å²) in [5, 5.41) is 3.01. The van der Waals surface area contributed by atoms with Gasteiger partial charge in [0.05, 0.1) is 13.2 Å². The van der Waals surface area contributed by atoms with E-state index in [4.69, 9.17) is 14.2 Å². The first kappa shape index (κ1) is 67.1. The van der Waals surface area contributed by atoms with Crippen LogP contribution in [0.1, 0.15) is 291 Å². The zero-order valence-corrected chi connectivity index (χ0v) is 47.3. The minimum absolute atomic E-state index is 0.0304. The molecule has 0 fully saturated rings. The highest BCUT2D eigenvalue weighted by molar-refractivity contribution is 5.70. The van der Waals surface area contributed by atoms with E-state index in [1.807, 2.05) is 0 Å². The molecule has 0 aromatic carbocycles. The van der Waals surface area contributed by atoms with E-state index in [2.05, 4.69) is 64.0 Å². The van der Waals surface area contributed by atoms with Crippen LogP contribution in [0.5, 0.6) is 0 Å². The highest BCUT2D eigenvalue weighted by Crippen LogP contribution is 2.25. The second kappa shape index (κ2) is 52.5. The summed E-state index contributed by atoms with van der Waals surface area (Å²) in [4.78, 5) is 43.6. The molecule has 0 atom stereocenters. The highest BCUT2D eigenvalue weighted by atomic mass is 16.6. The van der Waals surface area contributed by atoms with Crippen molar-refractivity contribution in [3.05, 3.63) is 0 Å². The number of hydrogen-bond acceptors (Lipinski definition) is 8. The van der Waals surface area contributed by atoms with Crippen LogP contribution in [0.3, 0.4) is 0 Å². The monoisotopic (exact) mass is 978 g/mol. The van der Waals surface area contributed by atoms with E-state index in [0.717, 1.165) is 103 Å². The van der Waals surface area contributed by atoms with Crippen molar-refractivity contribution in [2.75, 3.05) is 60.5 Å². The lowest BCUT2D eigenvalue weighted by Gasteiger charge is -2.20. The number of nitrogens with one attached hydrogen (secondary N) is 1. The standard InChI is InChI=1S/C60H119N3O6/c1-8-12-16-20-24-30-41-55(42-31-25-21-17-13-9-2)53-58(64)67-51-38-28-34-45-57(69-60(66)61-47-40-50-63(7)49-37-36-48-62(5)6)46-35-29-39-52-68-59(65)54-56(43-32-26-22-18-14-10-3)44-33-27-23-19-15-11-4/h55-57H,8-54H2,1-7H3,(H,61,66). The normalized spacial score (nSPS) is 11.8. The van der Waals surface area contributed by atoms with E-state index < -0.39 is 0 Å². The van der Waals surface area contributed by atoms with E-state index in [1.165, 1.54) is 167 Å². The average molecular weight is 979 g/mol. The second-order valence-corrected chi connectivity index (χ2v) is 21.6. The van der Waals surface area contributed by atoms with E-state index in [9.17, 15) is 14.4 Å². The number of carbonyl (C=O) groups excluding carboxylic acids is 3. The van der Waals surface area contributed by atoms with Gasteiger partial charge in [0.2, 0.25) is 0 Å². The molecule has 1 N–H and O–H groups in total. The molecule has 0 saturated heterocycles. The van der Waals surface area contributed by atoms with Crippen molar-refractivity contribution >= 4 is 18.0 Å². The van der Waals surface area contributed by atoms with Gasteiger partial charge in [-0.25, -0.2) is 4.79 Å². The lowest BCUT2D eigenvalue weighted by Crippen LogP contribution is -2.32. The molecule has 9 heteroatoms. The van der Waals surface area contributed by atoms with Gasteiger partial charge in [0.15, 0.2) is 0 Å². The van der Waals surface area contributed by atoms with Gasteiger partial charge in [-0.05, 0) is 149 Å². The number of esters is 2. The van der Waals surface area contributed by atoms with E-state index >= 15 is 0 Å². The SMILES string of the molecule is CCCCCCCCC(CCCCCCCC)CC(=O)OCCCCCC(CCCCCOC(=O)CC(CCCCCCCC)CCCCCCCC)OC(=O)NCCCN(C)CCCCN(C)C. The highest BCUT2D eigenvalue weighted by Gasteiger charge is 2.18. The Morgan fingerprint density at radius 1 is 0.391 bits per heavy atom. The first-order chi connectivity index (χ1) is 33.6. The van der Waals surface area contributed by atoms with Crippen molar-refractivity contribution in [1.29, 1.82) is 0 Å². The minimum atomic E-state index is -0.329. The van der Waals surface area contributed by atoms with E-state index in [1.54, 1.807) is 0 Å². The number of amides is 1. The zero-order chi connectivity index (χ0) is 50.7. The van der Waals surface area contributed by atoms with Gasteiger partial charge >= 0.3 is 18.0 Å². The van der Waals surface area contributed by atoms with Crippen molar-refractivity contribution < 1.29 is 28.6 Å². The number of rotatable bonds is 54. The Balaban J connectivity index is 4.98. The molecule has 0 saturated carbocycles. The molecule has 9 nitrogen and oxygen atoms in total. The van der Waals surface area contributed by atoms with Gasteiger partial charge < -0.3 is 29.3 Å². The third-order valence-electron chi connectivity index (χ3n) is 14.3. The smallest absolute Gasteiger partial charge is 0.407 e. The maximum atomic E-state index is 13.0. The minimum Gasteiger partial charge on any atom is -0.466 e. The lowest BCUT2D eigenvalue weighted by molar-refractivity contribution is -0.146. The van der Waals surface area contributed by atoms with Crippen molar-refractivity contribution in [2.24, 2.45) is 11.8 Å². The zero-order valence-electron chi connectivity index (χ0n) is 47.3. The first-order valence-corrected chi connectivity index (χ1v) is 30.2. The molecular formula is C60H119N3O6. The Morgan fingerprint density at radius 3 is 1.12 bits per heavy atom. The number of nitrogens with zero attached hydrogens (tertiary/aromatic N) is 2. The predicted octanol–water partition coefficient (Wildman–Crippen LogP) is 17.0. The summed E-state index contributed by atoms with van der Waals surface area (Å²) < 4.78 is 17.6. The maximum Gasteiger partial charge on any atom is 0.407 e. The number of ether oxygens (including phenoxy) is 3. The van der Waals surface area contributed by atoms with Crippen LogP contribution < -0.4 is 5.32 Å². The number of carbonyl (C=O) groups is 3. The largest absolute Gasteiger partial charge is 0.466 e. The van der Waals surface area contributed by atoms with Crippen LogP contribution in [0.15, 0.2) is 0 Å². The molecule has 1 amide bonds.